The fraction of sp³-hybridized carbons (Fsp3) is 0.318. The van der Waals surface area contributed by atoms with E-state index in [1.54, 1.807) is 18.2 Å². The number of hydrogen-bond acceptors (Lipinski definition) is 5. The molecule has 7 nitrogen and oxygen atoms in total. The van der Waals surface area contributed by atoms with E-state index in [0.717, 1.165) is 24.3 Å². The maximum absolute atomic E-state index is 12.7. The number of amides is 1. The molecule has 1 aromatic heterocycles. The minimum atomic E-state index is -0.124. The van der Waals surface area contributed by atoms with Crippen LogP contribution in [0.1, 0.15) is 12.8 Å². The summed E-state index contributed by atoms with van der Waals surface area (Å²) >= 11 is 5.33. The van der Waals surface area contributed by atoms with Crippen LogP contribution in [0, 0.1) is 4.77 Å². The molecule has 0 spiro atoms. The zero-order chi connectivity index (χ0) is 21.1. The van der Waals surface area contributed by atoms with Crippen molar-refractivity contribution in [2.24, 2.45) is 0 Å². The van der Waals surface area contributed by atoms with Crippen LogP contribution in [0.3, 0.4) is 0 Å². The first-order valence-corrected chi connectivity index (χ1v) is 10.5. The van der Waals surface area contributed by atoms with Crippen LogP contribution in [0.2, 0.25) is 0 Å². The quantitative estimate of drug-likeness (QED) is 0.616. The van der Waals surface area contributed by atoms with Crippen molar-refractivity contribution in [1.29, 1.82) is 0 Å². The van der Waals surface area contributed by atoms with Crippen LogP contribution in [0.25, 0.3) is 10.9 Å². The summed E-state index contributed by atoms with van der Waals surface area (Å²) in [6.07, 6.45) is 0.932. The van der Waals surface area contributed by atoms with Gasteiger partial charge in [0.2, 0.25) is 5.91 Å². The molecule has 156 valence electrons. The summed E-state index contributed by atoms with van der Waals surface area (Å²) in [5, 5.41) is 10.2. The molecule has 2 aromatic carbocycles. The van der Waals surface area contributed by atoms with Gasteiger partial charge < -0.3 is 19.9 Å². The van der Waals surface area contributed by atoms with Gasteiger partial charge in [0.05, 0.1) is 10.9 Å². The van der Waals surface area contributed by atoms with E-state index in [-0.39, 0.29) is 17.2 Å². The third-order valence-corrected chi connectivity index (χ3v) is 5.81. The van der Waals surface area contributed by atoms with Crippen molar-refractivity contribution in [2.75, 3.05) is 31.1 Å². The van der Waals surface area contributed by atoms with Gasteiger partial charge in [0, 0.05) is 50.9 Å². The van der Waals surface area contributed by atoms with Crippen molar-refractivity contribution in [3.05, 3.63) is 63.7 Å². The molecule has 30 heavy (non-hydrogen) atoms. The zero-order valence-corrected chi connectivity index (χ0v) is 17.4. The first-order chi connectivity index (χ1) is 14.5. The van der Waals surface area contributed by atoms with Crippen molar-refractivity contribution in [1.82, 2.24) is 14.5 Å². The molecule has 0 aliphatic carbocycles. The lowest BCUT2D eigenvalue weighted by molar-refractivity contribution is -0.131. The highest BCUT2D eigenvalue weighted by Crippen LogP contribution is 2.21. The number of phenolic OH excluding ortho intramolecular Hbond substituents is 1. The molecule has 2 N–H and O–H groups in total. The van der Waals surface area contributed by atoms with Crippen molar-refractivity contribution >= 4 is 34.7 Å². The molecule has 0 unspecified atom stereocenters. The Morgan fingerprint density at radius 3 is 2.60 bits per heavy atom. The number of carbonyl (C=O) groups excluding carboxylic acids is 1. The van der Waals surface area contributed by atoms with E-state index in [2.05, 4.69) is 9.88 Å². The minimum absolute atomic E-state index is 0.0919. The monoisotopic (exact) mass is 424 g/mol. The average molecular weight is 425 g/mol. The van der Waals surface area contributed by atoms with Gasteiger partial charge in [-0.1, -0.05) is 18.2 Å². The first-order valence-electron chi connectivity index (χ1n) is 10.1. The van der Waals surface area contributed by atoms with Gasteiger partial charge in [-0.3, -0.25) is 14.2 Å². The molecule has 1 fully saturated rings. The largest absolute Gasteiger partial charge is 0.508 e. The van der Waals surface area contributed by atoms with Crippen LogP contribution in [0.15, 0.2) is 53.3 Å². The maximum Gasteiger partial charge on any atom is 0.262 e. The summed E-state index contributed by atoms with van der Waals surface area (Å²) in [4.78, 5) is 32.4. The molecule has 0 radical (unpaired) electrons. The summed E-state index contributed by atoms with van der Waals surface area (Å²) in [7, 11) is 0. The molecule has 4 rings (SSSR count). The second-order valence-electron chi connectivity index (χ2n) is 7.42. The van der Waals surface area contributed by atoms with Crippen LogP contribution >= 0.6 is 12.2 Å². The van der Waals surface area contributed by atoms with Crippen molar-refractivity contribution in [3.63, 3.8) is 0 Å². The van der Waals surface area contributed by atoms with E-state index in [1.807, 2.05) is 35.2 Å². The van der Waals surface area contributed by atoms with E-state index in [1.165, 1.54) is 4.57 Å². The number of aromatic nitrogens is 2. The molecule has 8 heteroatoms. The van der Waals surface area contributed by atoms with Gasteiger partial charge in [-0.2, -0.15) is 0 Å². The molecule has 1 saturated heterocycles. The number of para-hydroxylation sites is 1. The van der Waals surface area contributed by atoms with Gasteiger partial charge in [-0.25, -0.2) is 0 Å². The smallest absolute Gasteiger partial charge is 0.262 e. The van der Waals surface area contributed by atoms with Gasteiger partial charge in [0.1, 0.15) is 5.75 Å². The molecule has 1 aliphatic rings. The first kappa shape index (κ1) is 20.2. The number of phenols is 1. The molecule has 1 aliphatic heterocycles. The van der Waals surface area contributed by atoms with E-state index in [4.69, 9.17) is 12.2 Å². The highest BCUT2D eigenvalue weighted by molar-refractivity contribution is 7.71. The second kappa shape index (κ2) is 8.71. The lowest BCUT2D eigenvalue weighted by atomic mass is 10.2. The Hall–Kier alpha value is -3.13. The van der Waals surface area contributed by atoms with Crippen LogP contribution in [0.5, 0.6) is 5.75 Å². The molecule has 0 atom stereocenters. The average Bonchev–Trinajstić information content (AvgIpc) is 2.76. The Labute approximate surface area is 179 Å². The van der Waals surface area contributed by atoms with Gasteiger partial charge in [-0.15, -0.1) is 0 Å². The number of nitrogens with zero attached hydrogens (tertiary/aromatic N) is 3. The van der Waals surface area contributed by atoms with Crippen LogP contribution in [0.4, 0.5) is 5.69 Å². The van der Waals surface area contributed by atoms with E-state index in [9.17, 15) is 14.7 Å². The van der Waals surface area contributed by atoms with Crippen LogP contribution in [-0.4, -0.2) is 51.6 Å². The lowest BCUT2D eigenvalue weighted by Crippen LogP contribution is -2.48. The Balaban J connectivity index is 1.32. The highest BCUT2D eigenvalue weighted by atomic mass is 32.1. The Morgan fingerprint density at radius 2 is 1.83 bits per heavy atom. The van der Waals surface area contributed by atoms with Crippen molar-refractivity contribution < 1.29 is 9.90 Å². The summed E-state index contributed by atoms with van der Waals surface area (Å²) in [6.45, 7) is 3.15. The minimum Gasteiger partial charge on any atom is -0.508 e. The van der Waals surface area contributed by atoms with Gasteiger partial charge in [0.15, 0.2) is 4.77 Å². The Kier molecular flexibility index (Phi) is 5.85. The number of carbonyl (C=O) groups is 1. The van der Waals surface area contributed by atoms with Crippen LogP contribution < -0.4 is 10.5 Å². The Bertz CT molecular complexity index is 1180. The van der Waals surface area contributed by atoms with Crippen LogP contribution in [-0.2, 0) is 11.3 Å². The van der Waals surface area contributed by atoms with E-state index >= 15 is 0 Å². The molecule has 1 amide bonds. The number of H-pyrrole nitrogens is 1. The maximum atomic E-state index is 12.7. The number of rotatable bonds is 5. The predicted molar refractivity (Wildman–Crippen MR) is 120 cm³/mol. The summed E-state index contributed by atoms with van der Waals surface area (Å²) in [5.41, 5.74) is 1.57. The number of benzene rings is 2. The number of aromatic amines is 1. The SMILES string of the molecule is O=C(CCCn1c(=S)[nH]c2ccccc2c1=O)N1CCN(c2cccc(O)c2)CC1. The number of piperazine rings is 1. The van der Waals surface area contributed by atoms with Gasteiger partial charge in [-0.05, 0) is 42.9 Å². The molecule has 3 aromatic rings. The molecule has 0 bridgehead atoms. The number of nitrogens with one attached hydrogen (secondary N) is 1. The molecular formula is C22H24N4O3S. The number of aromatic hydroxyl groups is 1. The standard InChI is InChI=1S/C22H24N4O3S/c27-17-6-3-5-16(15-17)24-11-13-25(14-12-24)20(28)9-4-10-26-21(29)18-7-1-2-8-19(18)23-22(26)30/h1-3,5-8,15,27H,4,9-14H2,(H,23,30). The fourth-order valence-corrected chi connectivity index (χ4v) is 4.14. The Morgan fingerprint density at radius 1 is 1.07 bits per heavy atom. The van der Waals surface area contributed by atoms with Gasteiger partial charge >= 0.3 is 0 Å². The normalized spacial score (nSPS) is 14.3. The summed E-state index contributed by atoms with van der Waals surface area (Å²) in [5.74, 6) is 0.336. The molecular weight excluding hydrogens is 400 g/mol. The fourth-order valence-electron chi connectivity index (χ4n) is 3.85. The molecule has 0 saturated carbocycles. The number of anilines is 1. The third kappa shape index (κ3) is 4.23. The third-order valence-electron chi connectivity index (χ3n) is 5.49. The number of hydrogen-bond donors (Lipinski definition) is 2. The van der Waals surface area contributed by atoms with Gasteiger partial charge in [0.25, 0.3) is 5.56 Å². The van der Waals surface area contributed by atoms with E-state index in [0.29, 0.717) is 42.6 Å². The van der Waals surface area contributed by atoms with Crippen molar-refractivity contribution in [2.45, 2.75) is 19.4 Å². The topological polar surface area (TPSA) is 81.6 Å². The predicted octanol–water partition coefficient (Wildman–Crippen LogP) is 2.89. The summed E-state index contributed by atoms with van der Waals surface area (Å²) < 4.78 is 1.91. The molecule has 2 heterocycles. The highest BCUT2D eigenvalue weighted by Gasteiger charge is 2.21. The van der Waals surface area contributed by atoms with E-state index < -0.39 is 0 Å². The van der Waals surface area contributed by atoms with Crippen molar-refractivity contribution in [3.8, 4) is 5.75 Å². The number of fused-ring (bicyclic) bond motifs is 1. The second-order valence-corrected chi connectivity index (χ2v) is 7.81. The summed E-state index contributed by atoms with van der Waals surface area (Å²) in [6, 6.07) is 14.5. The lowest BCUT2D eigenvalue weighted by Gasteiger charge is -2.36. The zero-order valence-electron chi connectivity index (χ0n) is 16.6.